The van der Waals surface area contributed by atoms with E-state index in [4.69, 9.17) is 0 Å². The van der Waals surface area contributed by atoms with Gasteiger partial charge in [-0.15, -0.1) is 0 Å². The molecule has 2 aliphatic rings. The maximum atomic E-state index is 4.69. The summed E-state index contributed by atoms with van der Waals surface area (Å²) in [5.41, 5.74) is 10.5. The molecule has 4 nitrogen and oxygen atoms in total. The molecule has 1 saturated heterocycles. The number of para-hydroxylation sites is 1. The maximum absolute atomic E-state index is 4.69. The van der Waals surface area contributed by atoms with Gasteiger partial charge in [-0.3, -0.25) is 0 Å². The SMILES string of the molecule is Cc1c[nH]c2ncc(-c3cc4c(c([C@@H]5CCCN5)c3)CN(c3ccccc3)CC4)cc12. The summed E-state index contributed by atoms with van der Waals surface area (Å²) >= 11 is 0. The lowest BCUT2D eigenvalue weighted by Crippen LogP contribution is -2.32. The number of aromatic nitrogens is 2. The Bertz CT molecular complexity index is 1240. The van der Waals surface area contributed by atoms with Gasteiger partial charge in [-0.25, -0.2) is 4.98 Å². The van der Waals surface area contributed by atoms with Crippen LogP contribution in [0.3, 0.4) is 0 Å². The second-order valence-electron chi connectivity index (χ2n) is 8.95. The average molecular weight is 409 g/mol. The van der Waals surface area contributed by atoms with E-state index >= 15 is 0 Å². The summed E-state index contributed by atoms with van der Waals surface area (Å²) in [5, 5.41) is 4.97. The van der Waals surface area contributed by atoms with Crippen molar-refractivity contribution in [2.24, 2.45) is 0 Å². The number of aryl methyl sites for hydroxylation is 1. The van der Waals surface area contributed by atoms with Crippen molar-refractivity contribution >= 4 is 16.7 Å². The van der Waals surface area contributed by atoms with E-state index in [9.17, 15) is 0 Å². The molecule has 4 aromatic rings. The molecule has 4 heteroatoms. The summed E-state index contributed by atoms with van der Waals surface area (Å²) < 4.78 is 0. The molecule has 0 amide bonds. The molecule has 1 fully saturated rings. The highest BCUT2D eigenvalue weighted by Crippen LogP contribution is 2.37. The van der Waals surface area contributed by atoms with Crippen LogP contribution >= 0.6 is 0 Å². The predicted molar refractivity (Wildman–Crippen MR) is 127 cm³/mol. The van der Waals surface area contributed by atoms with Gasteiger partial charge in [0.2, 0.25) is 0 Å². The highest BCUT2D eigenvalue weighted by Gasteiger charge is 2.26. The van der Waals surface area contributed by atoms with Crippen molar-refractivity contribution in [2.75, 3.05) is 18.0 Å². The fraction of sp³-hybridized carbons (Fsp3) is 0.296. The average Bonchev–Trinajstić information content (AvgIpc) is 3.49. The number of aromatic amines is 1. The zero-order valence-electron chi connectivity index (χ0n) is 18.0. The number of hydrogen-bond acceptors (Lipinski definition) is 3. The molecule has 1 atom stereocenters. The predicted octanol–water partition coefficient (Wildman–Crippen LogP) is 5.53. The smallest absolute Gasteiger partial charge is 0.137 e. The van der Waals surface area contributed by atoms with Crippen LogP contribution in [0.1, 0.15) is 41.1 Å². The van der Waals surface area contributed by atoms with Crippen LogP contribution in [0.2, 0.25) is 0 Å². The lowest BCUT2D eigenvalue weighted by atomic mass is 9.87. The van der Waals surface area contributed by atoms with Gasteiger partial charge in [-0.1, -0.05) is 24.3 Å². The summed E-state index contributed by atoms with van der Waals surface area (Å²) in [6.45, 7) is 5.30. The van der Waals surface area contributed by atoms with E-state index in [1.165, 1.54) is 57.3 Å². The van der Waals surface area contributed by atoms with E-state index in [-0.39, 0.29) is 0 Å². The molecule has 31 heavy (non-hydrogen) atoms. The molecule has 4 heterocycles. The van der Waals surface area contributed by atoms with Crippen LogP contribution in [-0.2, 0) is 13.0 Å². The highest BCUT2D eigenvalue weighted by atomic mass is 15.1. The molecular weight excluding hydrogens is 380 g/mol. The minimum Gasteiger partial charge on any atom is -0.367 e. The Balaban J connectivity index is 1.45. The van der Waals surface area contributed by atoms with Crippen LogP contribution in [0.15, 0.2) is 60.9 Å². The van der Waals surface area contributed by atoms with Gasteiger partial charge in [-0.05, 0) is 84.8 Å². The molecule has 0 spiro atoms. The summed E-state index contributed by atoms with van der Waals surface area (Å²) in [6, 6.07) is 18.4. The highest BCUT2D eigenvalue weighted by molar-refractivity contribution is 5.84. The Morgan fingerprint density at radius 3 is 2.81 bits per heavy atom. The number of anilines is 1. The molecule has 2 aliphatic heterocycles. The van der Waals surface area contributed by atoms with E-state index in [1.807, 2.05) is 12.4 Å². The van der Waals surface area contributed by atoms with Gasteiger partial charge < -0.3 is 15.2 Å². The number of hydrogen-bond donors (Lipinski definition) is 2. The third kappa shape index (κ3) is 3.31. The van der Waals surface area contributed by atoms with E-state index in [0.29, 0.717) is 6.04 Å². The van der Waals surface area contributed by atoms with E-state index < -0.39 is 0 Å². The summed E-state index contributed by atoms with van der Waals surface area (Å²) in [5.74, 6) is 0. The third-order valence-corrected chi connectivity index (χ3v) is 7.01. The molecule has 0 aliphatic carbocycles. The largest absolute Gasteiger partial charge is 0.367 e. The van der Waals surface area contributed by atoms with Crippen molar-refractivity contribution in [3.8, 4) is 11.1 Å². The van der Waals surface area contributed by atoms with E-state index in [2.05, 4.69) is 75.6 Å². The first-order valence-electron chi connectivity index (χ1n) is 11.4. The zero-order valence-corrected chi connectivity index (χ0v) is 18.0. The monoisotopic (exact) mass is 408 g/mol. The topological polar surface area (TPSA) is 44.0 Å². The number of benzene rings is 2. The van der Waals surface area contributed by atoms with E-state index in [1.54, 1.807) is 0 Å². The van der Waals surface area contributed by atoms with Crippen LogP contribution in [0.4, 0.5) is 5.69 Å². The molecule has 2 N–H and O–H groups in total. The number of nitrogens with zero attached hydrogens (tertiary/aromatic N) is 2. The van der Waals surface area contributed by atoms with Gasteiger partial charge in [0, 0.05) is 48.2 Å². The molecular formula is C27H28N4. The Kier molecular flexibility index (Phi) is 4.53. The Morgan fingerprint density at radius 1 is 1.06 bits per heavy atom. The summed E-state index contributed by atoms with van der Waals surface area (Å²) in [6.07, 6.45) is 7.61. The van der Waals surface area contributed by atoms with Crippen molar-refractivity contribution in [2.45, 2.75) is 38.8 Å². The van der Waals surface area contributed by atoms with Gasteiger partial charge in [0.1, 0.15) is 5.65 Å². The van der Waals surface area contributed by atoms with Crippen LogP contribution in [0.5, 0.6) is 0 Å². The van der Waals surface area contributed by atoms with Crippen molar-refractivity contribution < 1.29 is 0 Å². The van der Waals surface area contributed by atoms with Gasteiger partial charge in [-0.2, -0.15) is 0 Å². The van der Waals surface area contributed by atoms with Crippen molar-refractivity contribution in [1.29, 1.82) is 0 Å². The third-order valence-electron chi connectivity index (χ3n) is 7.01. The first-order valence-corrected chi connectivity index (χ1v) is 11.4. The molecule has 2 aromatic heterocycles. The number of fused-ring (bicyclic) bond motifs is 2. The van der Waals surface area contributed by atoms with E-state index in [0.717, 1.165) is 31.7 Å². The minimum absolute atomic E-state index is 0.454. The lowest BCUT2D eigenvalue weighted by Gasteiger charge is -2.34. The van der Waals surface area contributed by atoms with Crippen molar-refractivity contribution in [3.63, 3.8) is 0 Å². The number of H-pyrrole nitrogens is 1. The quantitative estimate of drug-likeness (QED) is 0.469. The van der Waals surface area contributed by atoms with Gasteiger partial charge in [0.25, 0.3) is 0 Å². The molecule has 0 unspecified atom stereocenters. The number of pyridine rings is 1. The van der Waals surface area contributed by atoms with Gasteiger partial charge in [0.05, 0.1) is 0 Å². The van der Waals surface area contributed by atoms with Gasteiger partial charge >= 0.3 is 0 Å². The Morgan fingerprint density at radius 2 is 1.97 bits per heavy atom. The van der Waals surface area contributed by atoms with Crippen LogP contribution in [0.25, 0.3) is 22.2 Å². The Labute approximate surface area is 183 Å². The Hall–Kier alpha value is -3.11. The molecule has 0 saturated carbocycles. The second-order valence-corrected chi connectivity index (χ2v) is 8.95. The molecule has 6 rings (SSSR count). The lowest BCUT2D eigenvalue weighted by molar-refractivity contribution is 0.625. The minimum atomic E-state index is 0.454. The fourth-order valence-corrected chi connectivity index (χ4v) is 5.28. The van der Waals surface area contributed by atoms with Crippen LogP contribution < -0.4 is 10.2 Å². The molecule has 2 aromatic carbocycles. The normalized spacial score (nSPS) is 18.5. The van der Waals surface area contributed by atoms with Crippen molar-refractivity contribution in [3.05, 3.63) is 83.2 Å². The standard InChI is InChI=1S/C27H28N4/c1-18-15-29-27-23(18)14-21(16-30-27)20-12-19-9-11-31(22-6-3-2-4-7-22)17-25(19)24(13-20)26-8-5-10-28-26/h2-4,6-7,12-16,26,28H,5,8-11,17H2,1H3,(H,29,30)/t26-/m0/s1. The van der Waals surface area contributed by atoms with Crippen LogP contribution in [-0.4, -0.2) is 23.1 Å². The maximum Gasteiger partial charge on any atom is 0.137 e. The number of nitrogens with one attached hydrogen (secondary N) is 2. The van der Waals surface area contributed by atoms with Crippen molar-refractivity contribution in [1.82, 2.24) is 15.3 Å². The summed E-state index contributed by atoms with van der Waals surface area (Å²) in [4.78, 5) is 10.5. The molecule has 0 bridgehead atoms. The fourth-order valence-electron chi connectivity index (χ4n) is 5.28. The zero-order chi connectivity index (χ0) is 20.8. The second kappa shape index (κ2) is 7.54. The first-order chi connectivity index (χ1) is 15.3. The molecule has 156 valence electrons. The molecule has 0 radical (unpaired) electrons. The number of rotatable bonds is 3. The summed E-state index contributed by atoms with van der Waals surface area (Å²) in [7, 11) is 0. The van der Waals surface area contributed by atoms with Crippen LogP contribution in [0, 0.1) is 6.92 Å². The first kappa shape index (κ1) is 18.6. The van der Waals surface area contributed by atoms with Gasteiger partial charge in [0.15, 0.2) is 0 Å².